The van der Waals surface area contributed by atoms with Crippen molar-refractivity contribution in [2.75, 3.05) is 0 Å². The fourth-order valence-corrected chi connectivity index (χ4v) is 1.24. The molecule has 0 saturated heterocycles. The van der Waals surface area contributed by atoms with E-state index in [1.54, 1.807) is 0 Å². The summed E-state index contributed by atoms with van der Waals surface area (Å²) in [5.74, 6) is -0.455. The summed E-state index contributed by atoms with van der Waals surface area (Å²) in [4.78, 5) is 19.3. The number of rotatable bonds is 2. The van der Waals surface area contributed by atoms with Crippen LogP contribution in [-0.4, -0.2) is 43.7 Å². The van der Waals surface area contributed by atoms with Crippen LogP contribution >= 0.6 is 34.8 Å². The van der Waals surface area contributed by atoms with Crippen LogP contribution in [0.25, 0.3) is 0 Å². The van der Waals surface area contributed by atoms with E-state index in [1.807, 2.05) is 0 Å². The first-order valence-electron chi connectivity index (χ1n) is 3.50. The molecule has 1 aromatic carbocycles. The molecule has 0 radical (unpaired) electrons. The first kappa shape index (κ1) is 15.6. The molecule has 0 aliphatic carbocycles. The van der Waals surface area contributed by atoms with Crippen molar-refractivity contribution in [3.05, 3.63) is 27.2 Å². The molecule has 0 aliphatic rings. The van der Waals surface area contributed by atoms with E-state index in [4.69, 9.17) is 34.8 Å². The van der Waals surface area contributed by atoms with Crippen LogP contribution in [0.4, 0.5) is 0 Å². The van der Waals surface area contributed by atoms with Gasteiger partial charge in [0.2, 0.25) is 0 Å². The first-order chi connectivity index (χ1) is 6.50. The number of hydrogen-bond acceptors (Lipinski definition) is 3. The molecular formula is C8H7CaCl3O3. The van der Waals surface area contributed by atoms with Crippen molar-refractivity contribution in [2.24, 2.45) is 0 Å². The molecule has 0 aliphatic heterocycles. The van der Waals surface area contributed by atoms with Crippen molar-refractivity contribution in [1.29, 1.82) is 0 Å². The molecular weight excluding hydrogens is 291 g/mol. The van der Waals surface area contributed by atoms with Crippen LogP contribution < -0.4 is 4.89 Å². The van der Waals surface area contributed by atoms with Gasteiger partial charge in [0.15, 0.2) is 5.75 Å². The van der Waals surface area contributed by atoms with Gasteiger partial charge in [-0.25, -0.2) is 4.79 Å². The average Bonchev–Trinajstić information content (AvgIpc) is 2.09. The van der Waals surface area contributed by atoms with Gasteiger partial charge >= 0.3 is 43.7 Å². The van der Waals surface area contributed by atoms with Crippen molar-refractivity contribution in [1.82, 2.24) is 0 Å². The molecule has 0 heterocycles. The van der Waals surface area contributed by atoms with E-state index in [-0.39, 0.29) is 53.5 Å². The molecule has 0 fully saturated rings. The maximum atomic E-state index is 10.4. The third kappa shape index (κ3) is 4.98. The Bertz CT molecular complexity index is 370. The fraction of sp³-hybridized carbons (Fsp3) is 0.125. The summed E-state index contributed by atoms with van der Waals surface area (Å²) >= 11 is 17.1. The van der Waals surface area contributed by atoms with E-state index >= 15 is 0 Å². The molecule has 1 rings (SSSR count). The molecule has 80 valence electrons. The predicted molar refractivity (Wildman–Crippen MR) is 62.4 cm³/mol. The second-order valence-corrected chi connectivity index (χ2v) is 3.58. The van der Waals surface area contributed by atoms with Crippen LogP contribution in [0, 0.1) is 0 Å². The third-order valence-electron chi connectivity index (χ3n) is 1.22. The molecule has 0 aromatic heterocycles. The summed E-state index contributed by atoms with van der Waals surface area (Å²) in [6, 6.07) is 2.75. The summed E-state index contributed by atoms with van der Waals surface area (Å²) < 4.78 is 0. The number of benzene rings is 1. The molecule has 0 spiro atoms. The molecule has 3 nitrogen and oxygen atoms in total. The van der Waals surface area contributed by atoms with Gasteiger partial charge in [-0.05, 0) is 6.07 Å². The second kappa shape index (κ2) is 7.05. The molecule has 0 atom stereocenters. The monoisotopic (exact) mass is 296 g/mol. The number of hydrogen-bond donors (Lipinski definition) is 0. The summed E-state index contributed by atoms with van der Waals surface area (Å²) in [6.45, 7) is 1.20. The fourth-order valence-electron chi connectivity index (χ4n) is 0.672. The Balaban J connectivity index is 0.00000196. The Hall–Kier alpha value is 0.620. The summed E-state index contributed by atoms with van der Waals surface area (Å²) in [5, 5.41) is 0.769. The van der Waals surface area contributed by atoms with Crippen LogP contribution in [0.5, 0.6) is 5.75 Å². The van der Waals surface area contributed by atoms with Crippen molar-refractivity contribution < 1.29 is 14.6 Å². The van der Waals surface area contributed by atoms with Gasteiger partial charge in [0.1, 0.15) is 0 Å². The molecule has 15 heavy (non-hydrogen) atoms. The third-order valence-corrected chi connectivity index (χ3v) is 2.24. The minimum atomic E-state index is -0.591. The summed E-state index contributed by atoms with van der Waals surface area (Å²) in [5.41, 5.74) is 0. The van der Waals surface area contributed by atoms with E-state index in [0.717, 1.165) is 0 Å². The van der Waals surface area contributed by atoms with Gasteiger partial charge < -0.3 is 0 Å². The van der Waals surface area contributed by atoms with E-state index in [0.29, 0.717) is 5.02 Å². The predicted octanol–water partition coefficient (Wildman–Crippen LogP) is 2.59. The van der Waals surface area contributed by atoms with Crippen molar-refractivity contribution in [3.63, 3.8) is 0 Å². The van der Waals surface area contributed by atoms with Gasteiger partial charge in [0.25, 0.3) is 0 Å². The normalized spacial score (nSPS) is 9.07. The number of carbonyl (C=O) groups is 1. The van der Waals surface area contributed by atoms with Gasteiger partial charge in [-0.2, -0.15) is 0 Å². The van der Waals surface area contributed by atoms with Gasteiger partial charge in [-0.3, -0.25) is 9.78 Å². The topological polar surface area (TPSA) is 35.5 Å². The Morgan fingerprint density at radius 1 is 1.13 bits per heavy atom. The molecule has 0 bridgehead atoms. The van der Waals surface area contributed by atoms with E-state index in [2.05, 4.69) is 9.78 Å². The van der Waals surface area contributed by atoms with Gasteiger partial charge in [0, 0.05) is 13.0 Å². The van der Waals surface area contributed by atoms with Crippen molar-refractivity contribution in [2.45, 2.75) is 6.92 Å². The van der Waals surface area contributed by atoms with Crippen LogP contribution in [0.15, 0.2) is 12.1 Å². The quantitative estimate of drug-likeness (QED) is 0.364. The van der Waals surface area contributed by atoms with Crippen LogP contribution in [0.3, 0.4) is 0 Å². The number of carbonyl (C=O) groups excluding carboxylic acids is 1. The van der Waals surface area contributed by atoms with E-state index in [9.17, 15) is 4.79 Å². The van der Waals surface area contributed by atoms with Crippen LogP contribution in [0.1, 0.15) is 6.92 Å². The summed E-state index contributed by atoms with van der Waals surface area (Å²) in [7, 11) is 0. The SMILES string of the molecule is CC(=O)OOc1cc(Cl)c(Cl)cc1Cl.[CaH2]. The van der Waals surface area contributed by atoms with E-state index in [1.165, 1.54) is 19.1 Å². The van der Waals surface area contributed by atoms with Gasteiger partial charge in [0.05, 0.1) is 15.1 Å². The zero-order valence-corrected chi connectivity index (χ0v) is 9.28. The van der Waals surface area contributed by atoms with Crippen LogP contribution in [0.2, 0.25) is 15.1 Å². The standard InChI is InChI=1S/C8H5Cl3O3.Ca.2H/c1-4(12)13-14-8-3-6(10)5(9)2-7(8)11;;;/h2-3H,1H3;;;. The molecule has 0 amide bonds. The van der Waals surface area contributed by atoms with Crippen molar-refractivity contribution >= 4 is 78.5 Å². The van der Waals surface area contributed by atoms with Gasteiger partial charge in [-0.1, -0.05) is 34.8 Å². The second-order valence-electron chi connectivity index (χ2n) is 2.35. The van der Waals surface area contributed by atoms with Gasteiger partial charge in [-0.15, -0.1) is 0 Å². The Morgan fingerprint density at radius 3 is 2.20 bits per heavy atom. The number of halogens is 3. The zero-order chi connectivity index (χ0) is 10.7. The molecule has 0 unspecified atom stereocenters. The minimum absolute atomic E-state index is 0. The summed E-state index contributed by atoms with van der Waals surface area (Å²) in [6.07, 6.45) is 0. The Labute approximate surface area is 132 Å². The van der Waals surface area contributed by atoms with Crippen LogP contribution in [-0.2, 0) is 9.68 Å². The molecule has 0 saturated carbocycles. The average molecular weight is 298 g/mol. The molecule has 0 N–H and O–H groups in total. The maximum absolute atomic E-state index is 10.4. The molecule has 7 heteroatoms. The Kier molecular flexibility index (Phi) is 7.34. The van der Waals surface area contributed by atoms with E-state index < -0.39 is 5.97 Å². The molecule has 1 aromatic rings. The van der Waals surface area contributed by atoms with Crippen molar-refractivity contribution in [3.8, 4) is 5.75 Å². The Morgan fingerprint density at radius 2 is 1.67 bits per heavy atom. The zero-order valence-electron chi connectivity index (χ0n) is 7.01. The first-order valence-corrected chi connectivity index (χ1v) is 4.63.